The van der Waals surface area contributed by atoms with Crippen LogP contribution in [0.3, 0.4) is 0 Å². The average Bonchev–Trinajstić information content (AvgIpc) is 3.14. The van der Waals surface area contributed by atoms with Crippen LogP contribution in [0.4, 0.5) is 9.18 Å². The number of amides is 2. The van der Waals surface area contributed by atoms with E-state index in [4.69, 9.17) is 9.47 Å². The van der Waals surface area contributed by atoms with Crippen LogP contribution < -0.4 is 20.1 Å². The average molecular weight is 373 g/mol. The van der Waals surface area contributed by atoms with Gasteiger partial charge in [0.05, 0.1) is 0 Å². The number of likely N-dealkylation sites (N-methyl/N-ethyl adjacent to an activating group) is 1. The van der Waals surface area contributed by atoms with Crippen molar-refractivity contribution in [2.75, 3.05) is 27.4 Å². The molecule has 0 saturated heterocycles. The number of halogens is 1. The fourth-order valence-corrected chi connectivity index (χ4v) is 2.90. The Bertz CT molecular complexity index is 781. The van der Waals surface area contributed by atoms with Gasteiger partial charge in [0.25, 0.3) is 0 Å². The van der Waals surface area contributed by atoms with Gasteiger partial charge >= 0.3 is 6.03 Å². The lowest BCUT2D eigenvalue weighted by atomic mass is 10.0. The zero-order valence-electron chi connectivity index (χ0n) is 15.5. The molecule has 7 heteroatoms. The number of nitrogens with zero attached hydrogens (tertiary/aromatic N) is 1. The van der Waals surface area contributed by atoms with Crippen LogP contribution in [0, 0.1) is 5.82 Å². The standard InChI is InChI=1S/C20H24FN3O3/c1-24(2)17(10-15-4-3-5-18-19(15)27-13-26-18)12-23-20(25)22-11-14-6-8-16(21)9-7-14/h3-9,17H,10-13H2,1-2H3,(H2,22,23,25)/t17-/m0/s1. The summed E-state index contributed by atoms with van der Waals surface area (Å²) in [6.07, 6.45) is 0.720. The minimum atomic E-state index is -0.293. The van der Waals surface area contributed by atoms with E-state index < -0.39 is 0 Å². The molecule has 1 heterocycles. The maximum Gasteiger partial charge on any atom is 0.315 e. The van der Waals surface area contributed by atoms with Gasteiger partial charge in [-0.25, -0.2) is 9.18 Å². The third-order valence-electron chi connectivity index (χ3n) is 4.53. The number of benzene rings is 2. The minimum absolute atomic E-state index is 0.0947. The highest BCUT2D eigenvalue weighted by molar-refractivity contribution is 5.73. The van der Waals surface area contributed by atoms with Gasteiger partial charge in [-0.05, 0) is 49.8 Å². The van der Waals surface area contributed by atoms with E-state index in [0.29, 0.717) is 13.1 Å². The molecule has 144 valence electrons. The summed E-state index contributed by atoms with van der Waals surface area (Å²) in [5, 5.41) is 5.68. The number of rotatable bonds is 7. The van der Waals surface area contributed by atoms with Gasteiger partial charge in [-0.15, -0.1) is 0 Å². The maximum atomic E-state index is 12.9. The first-order valence-corrected chi connectivity index (χ1v) is 8.83. The normalized spacial score (nSPS) is 13.5. The molecule has 6 nitrogen and oxygen atoms in total. The molecule has 1 aliphatic rings. The van der Waals surface area contributed by atoms with Crippen molar-refractivity contribution in [2.24, 2.45) is 0 Å². The van der Waals surface area contributed by atoms with Gasteiger partial charge in [0.15, 0.2) is 11.5 Å². The van der Waals surface area contributed by atoms with Crippen LogP contribution in [-0.4, -0.2) is 44.4 Å². The molecule has 27 heavy (non-hydrogen) atoms. The largest absolute Gasteiger partial charge is 0.454 e. The zero-order chi connectivity index (χ0) is 19.2. The van der Waals surface area contributed by atoms with Crippen LogP contribution in [-0.2, 0) is 13.0 Å². The van der Waals surface area contributed by atoms with E-state index >= 15 is 0 Å². The van der Waals surface area contributed by atoms with Gasteiger partial charge in [-0.1, -0.05) is 24.3 Å². The van der Waals surface area contributed by atoms with Crippen molar-refractivity contribution < 1.29 is 18.7 Å². The molecule has 2 N–H and O–H groups in total. The summed E-state index contributed by atoms with van der Waals surface area (Å²) in [5.74, 6) is 1.25. The van der Waals surface area contributed by atoms with Gasteiger partial charge in [-0.2, -0.15) is 0 Å². The molecular weight excluding hydrogens is 349 g/mol. The highest BCUT2D eigenvalue weighted by atomic mass is 19.1. The highest BCUT2D eigenvalue weighted by Gasteiger charge is 2.21. The molecule has 0 bridgehead atoms. The van der Waals surface area contributed by atoms with Gasteiger partial charge in [-0.3, -0.25) is 0 Å². The van der Waals surface area contributed by atoms with Crippen molar-refractivity contribution in [2.45, 2.75) is 19.0 Å². The fourth-order valence-electron chi connectivity index (χ4n) is 2.90. The molecule has 3 rings (SSSR count). The predicted octanol–water partition coefficient (Wildman–Crippen LogP) is 2.53. The minimum Gasteiger partial charge on any atom is -0.454 e. The van der Waals surface area contributed by atoms with Crippen molar-refractivity contribution in [3.05, 3.63) is 59.4 Å². The summed E-state index contributed by atoms with van der Waals surface area (Å²) in [5.41, 5.74) is 1.89. The topological polar surface area (TPSA) is 62.8 Å². The summed E-state index contributed by atoms with van der Waals surface area (Å²) in [7, 11) is 3.95. The Kier molecular flexibility index (Phi) is 6.13. The SMILES string of the molecule is CN(C)[C@H](CNC(=O)NCc1ccc(F)cc1)Cc1cccc2c1OCO2. The van der Waals surface area contributed by atoms with Crippen LogP contribution in [0.5, 0.6) is 11.5 Å². The summed E-state index contributed by atoms with van der Waals surface area (Å²) in [6.45, 7) is 1.06. The van der Waals surface area contributed by atoms with Crippen molar-refractivity contribution in [3.63, 3.8) is 0 Å². The van der Waals surface area contributed by atoms with Crippen molar-refractivity contribution in [3.8, 4) is 11.5 Å². The van der Waals surface area contributed by atoms with Crippen LogP contribution in [0.15, 0.2) is 42.5 Å². The Morgan fingerprint density at radius 3 is 2.67 bits per heavy atom. The predicted molar refractivity (Wildman–Crippen MR) is 100 cm³/mol. The highest BCUT2D eigenvalue weighted by Crippen LogP contribution is 2.36. The van der Waals surface area contributed by atoms with Crippen molar-refractivity contribution in [1.82, 2.24) is 15.5 Å². The number of carbonyl (C=O) groups excluding carboxylic acids is 1. The van der Waals surface area contributed by atoms with Crippen LogP contribution >= 0.6 is 0 Å². The monoisotopic (exact) mass is 373 g/mol. The van der Waals surface area contributed by atoms with Gasteiger partial charge in [0.2, 0.25) is 6.79 Å². The van der Waals surface area contributed by atoms with Crippen molar-refractivity contribution in [1.29, 1.82) is 0 Å². The fraction of sp³-hybridized carbons (Fsp3) is 0.350. The molecule has 0 aliphatic carbocycles. The number of para-hydroxylation sites is 1. The molecule has 0 aromatic heterocycles. The van der Waals surface area contributed by atoms with Crippen molar-refractivity contribution >= 4 is 6.03 Å². The number of hydrogen-bond acceptors (Lipinski definition) is 4. The number of fused-ring (bicyclic) bond motifs is 1. The van der Waals surface area contributed by atoms with E-state index in [-0.39, 0.29) is 24.7 Å². The number of hydrogen-bond donors (Lipinski definition) is 2. The second-order valence-corrected chi connectivity index (χ2v) is 6.66. The first-order chi connectivity index (χ1) is 13.0. The first kappa shape index (κ1) is 19.0. The second kappa shape index (κ2) is 8.73. The Labute approximate surface area is 158 Å². The van der Waals surface area contributed by atoms with Crippen LogP contribution in [0.2, 0.25) is 0 Å². The number of nitrogens with one attached hydrogen (secondary N) is 2. The van der Waals surface area contributed by atoms with E-state index in [1.54, 1.807) is 12.1 Å². The first-order valence-electron chi connectivity index (χ1n) is 8.83. The lowest BCUT2D eigenvalue weighted by molar-refractivity contribution is 0.172. The summed E-state index contributed by atoms with van der Waals surface area (Å²) in [4.78, 5) is 14.2. The molecule has 1 atom stereocenters. The third-order valence-corrected chi connectivity index (χ3v) is 4.53. The maximum absolute atomic E-state index is 12.9. The Balaban J connectivity index is 1.52. The lowest BCUT2D eigenvalue weighted by Crippen LogP contribution is -2.45. The van der Waals surface area contributed by atoms with Crippen LogP contribution in [0.1, 0.15) is 11.1 Å². The van der Waals surface area contributed by atoms with E-state index in [1.165, 1.54) is 12.1 Å². The number of urea groups is 1. The molecular formula is C20H24FN3O3. The number of ether oxygens (including phenoxy) is 2. The van der Waals surface area contributed by atoms with E-state index in [0.717, 1.165) is 29.0 Å². The molecule has 0 unspecified atom stereocenters. The lowest BCUT2D eigenvalue weighted by Gasteiger charge is -2.25. The molecule has 2 amide bonds. The molecule has 0 saturated carbocycles. The third kappa shape index (κ3) is 5.10. The molecule has 0 spiro atoms. The second-order valence-electron chi connectivity index (χ2n) is 6.66. The number of carbonyl (C=O) groups is 1. The molecule has 2 aromatic rings. The summed E-state index contributed by atoms with van der Waals surface area (Å²) in [6, 6.07) is 11.7. The molecule has 0 radical (unpaired) electrons. The quantitative estimate of drug-likeness (QED) is 0.783. The molecule has 2 aromatic carbocycles. The zero-order valence-corrected chi connectivity index (χ0v) is 15.5. The van der Waals surface area contributed by atoms with E-state index in [9.17, 15) is 9.18 Å². The van der Waals surface area contributed by atoms with Gasteiger partial charge in [0.1, 0.15) is 5.82 Å². The molecule has 0 fully saturated rings. The van der Waals surface area contributed by atoms with Gasteiger partial charge in [0, 0.05) is 19.1 Å². The van der Waals surface area contributed by atoms with Gasteiger partial charge < -0.3 is 25.0 Å². The van der Waals surface area contributed by atoms with E-state index in [2.05, 4.69) is 15.5 Å². The molecule has 1 aliphatic heterocycles. The van der Waals surface area contributed by atoms with Crippen LogP contribution in [0.25, 0.3) is 0 Å². The Morgan fingerprint density at radius 1 is 1.15 bits per heavy atom. The summed E-state index contributed by atoms with van der Waals surface area (Å²) < 4.78 is 23.9. The Morgan fingerprint density at radius 2 is 1.93 bits per heavy atom. The smallest absolute Gasteiger partial charge is 0.315 e. The summed E-state index contributed by atoms with van der Waals surface area (Å²) >= 11 is 0. The Hall–Kier alpha value is -2.80. The van der Waals surface area contributed by atoms with E-state index in [1.807, 2.05) is 32.3 Å².